The number of ether oxygens (including phenoxy) is 1. The van der Waals surface area contributed by atoms with Crippen molar-refractivity contribution in [1.29, 1.82) is 0 Å². The third-order valence-electron chi connectivity index (χ3n) is 8.81. The SMILES string of the molecule is COC(=O)c1c(NC(=O)C(Sc2cccc(NC(=O)c3ccc4ccccc4c3)c2)c2ccccc2)sc2c1CCC(C(C)(C)C)C2. The van der Waals surface area contributed by atoms with Gasteiger partial charge in [-0.25, -0.2) is 4.79 Å². The van der Waals surface area contributed by atoms with Crippen molar-refractivity contribution >= 4 is 62.3 Å². The van der Waals surface area contributed by atoms with Crippen molar-refractivity contribution < 1.29 is 19.1 Å². The van der Waals surface area contributed by atoms with Crippen molar-refractivity contribution in [2.75, 3.05) is 17.7 Å². The number of thiophene rings is 1. The van der Waals surface area contributed by atoms with Crippen LogP contribution in [0.5, 0.6) is 0 Å². The van der Waals surface area contributed by atoms with E-state index in [1.807, 2.05) is 97.1 Å². The van der Waals surface area contributed by atoms with Gasteiger partial charge in [0.1, 0.15) is 10.3 Å². The molecule has 6 nitrogen and oxygen atoms in total. The van der Waals surface area contributed by atoms with Crippen LogP contribution in [-0.4, -0.2) is 24.9 Å². The molecule has 240 valence electrons. The summed E-state index contributed by atoms with van der Waals surface area (Å²) in [5.74, 6) is -0.376. The van der Waals surface area contributed by atoms with E-state index < -0.39 is 11.2 Å². The van der Waals surface area contributed by atoms with Crippen LogP contribution in [0.3, 0.4) is 0 Å². The van der Waals surface area contributed by atoms with Gasteiger partial charge < -0.3 is 15.4 Å². The maximum atomic E-state index is 14.1. The molecule has 1 aliphatic carbocycles. The average molecular weight is 663 g/mol. The van der Waals surface area contributed by atoms with Crippen LogP contribution in [0.15, 0.2) is 102 Å². The van der Waals surface area contributed by atoms with Gasteiger partial charge in [-0.2, -0.15) is 0 Å². The summed E-state index contributed by atoms with van der Waals surface area (Å²) >= 11 is 2.88. The zero-order valence-electron chi connectivity index (χ0n) is 27.0. The van der Waals surface area contributed by atoms with Crippen molar-refractivity contribution in [3.05, 3.63) is 124 Å². The fraction of sp³-hybridized carbons (Fsp3) is 0.256. The molecule has 2 amide bonds. The number of esters is 1. The lowest BCUT2D eigenvalue weighted by Gasteiger charge is -2.33. The second-order valence-electron chi connectivity index (χ2n) is 12.9. The van der Waals surface area contributed by atoms with E-state index in [0.29, 0.717) is 27.7 Å². The monoisotopic (exact) mass is 662 g/mol. The molecule has 4 aromatic carbocycles. The minimum Gasteiger partial charge on any atom is -0.465 e. The number of rotatable bonds is 8. The highest BCUT2D eigenvalue weighted by Gasteiger charge is 2.35. The number of amides is 2. The molecule has 0 fully saturated rings. The van der Waals surface area contributed by atoms with E-state index in [2.05, 4.69) is 31.4 Å². The summed E-state index contributed by atoms with van der Waals surface area (Å²) in [5.41, 5.74) is 3.65. The lowest BCUT2D eigenvalue weighted by atomic mass is 9.72. The molecule has 5 aromatic rings. The van der Waals surface area contributed by atoms with E-state index in [0.717, 1.165) is 50.9 Å². The van der Waals surface area contributed by atoms with Crippen LogP contribution in [0.25, 0.3) is 10.8 Å². The zero-order chi connectivity index (χ0) is 33.1. The topological polar surface area (TPSA) is 84.5 Å². The summed E-state index contributed by atoms with van der Waals surface area (Å²) in [6, 6.07) is 30.7. The Morgan fingerprint density at radius 1 is 0.872 bits per heavy atom. The van der Waals surface area contributed by atoms with Crippen LogP contribution in [0.4, 0.5) is 10.7 Å². The largest absolute Gasteiger partial charge is 0.465 e. The molecule has 1 aromatic heterocycles. The predicted molar refractivity (Wildman–Crippen MR) is 193 cm³/mol. The Balaban J connectivity index is 1.25. The molecule has 2 N–H and O–H groups in total. The van der Waals surface area contributed by atoms with Crippen molar-refractivity contribution in [3.63, 3.8) is 0 Å². The minimum atomic E-state index is -0.616. The quantitative estimate of drug-likeness (QED) is 0.128. The molecule has 0 radical (unpaired) electrons. The van der Waals surface area contributed by atoms with Crippen LogP contribution in [0, 0.1) is 11.3 Å². The lowest BCUT2D eigenvalue weighted by molar-refractivity contribution is -0.115. The summed E-state index contributed by atoms with van der Waals surface area (Å²) in [5, 5.41) is 8.13. The molecule has 0 spiro atoms. The van der Waals surface area contributed by atoms with E-state index in [1.165, 1.54) is 30.2 Å². The van der Waals surface area contributed by atoms with Crippen LogP contribution in [0.2, 0.25) is 0 Å². The molecular weight excluding hydrogens is 625 g/mol. The number of benzene rings is 4. The average Bonchev–Trinajstić information content (AvgIpc) is 3.43. The van der Waals surface area contributed by atoms with Crippen LogP contribution in [-0.2, 0) is 22.4 Å². The van der Waals surface area contributed by atoms with Gasteiger partial charge >= 0.3 is 5.97 Å². The minimum absolute atomic E-state index is 0.148. The van der Waals surface area contributed by atoms with Gasteiger partial charge in [-0.1, -0.05) is 87.5 Å². The summed E-state index contributed by atoms with van der Waals surface area (Å²) in [7, 11) is 1.38. The number of hydrogen-bond donors (Lipinski definition) is 2. The number of thioether (sulfide) groups is 1. The molecule has 1 heterocycles. The number of anilines is 2. The second-order valence-corrected chi connectivity index (χ2v) is 15.2. The number of fused-ring (bicyclic) bond motifs is 2. The Bertz CT molecular complexity index is 1940. The Morgan fingerprint density at radius 3 is 2.36 bits per heavy atom. The summed E-state index contributed by atoms with van der Waals surface area (Å²) in [4.78, 5) is 42.3. The molecule has 47 heavy (non-hydrogen) atoms. The van der Waals surface area contributed by atoms with E-state index >= 15 is 0 Å². The van der Waals surface area contributed by atoms with Crippen LogP contribution in [0.1, 0.15) is 69.2 Å². The molecule has 8 heteroatoms. The first-order chi connectivity index (χ1) is 22.6. The highest BCUT2D eigenvalue weighted by Crippen LogP contribution is 2.45. The summed E-state index contributed by atoms with van der Waals surface area (Å²) in [6.45, 7) is 6.77. The van der Waals surface area contributed by atoms with Crippen LogP contribution >= 0.6 is 23.1 Å². The maximum absolute atomic E-state index is 14.1. The summed E-state index contributed by atoms with van der Waals surface area (Å²) < 4.78 is 5.19. The van der Waals surface area contributed by atoms with E-state index in [-0.39, 0.29) is 17.2 Å². The molecule has 2 unspecified atom stereocenters. The zero-order valence-corrected chi connectivity index (χ0v) is 28.6. The number of nitrogens with one attached hydrogen (secondary N) is 2. The third-order valence-corrected chi connectivity index (χ3v) is 11.2. The summed E-state index contributed by atoms with van der Waals surface area (Å²) in [6.07, 6.45) is 2.64. The van der Waals surface area contributed by atoms with E-state index in [4.69, 9.17) is 4.74 Å². The number of carbonyl (C=O) groups is 3. The predicted octanol–water partition coefficient (Wildman–Crippen LogP) is 9.56. The van der Waals surface area contributed by atoms with E-state index in [1.54, 1.807) is 0 Å². The Morgan fingerprint density at radius 2 is 1.62 bits per heavy atom. The number of methoxy groups -OCH3 is 1. The Hall–Kier alpha value is -4.40. The standard InChI is InChI=1S/C39H38N2O4S2/c1-39(2,3)28-19-20-31-32(22-28)47-37(33(31)38(44)45-4)41-36(43)34(25-12-6-5-7-13-25)46-30-16-10-15-29(23-30)40-35(42)27-18-17-24-11-8-9-14-26(24)21-27/h5-18,21,23,28,34H,19-20,22H2,1-4H3,(H,40,42)(H,41,43). The first kappa shape index (κ1) is 32.5. The first-order valence-corrected chi connectivity index (χ1v) is 17.5. The van der Waals surface area contributed by atoms with Crippen molar-refractivity contribution in [2.24, 2.45) is 11.3 Å². The molecule has 0 bridgehead atoms. The van der Waals surface area contributed by atoms with Gasteiger partial charge in [0.05, 0.1) is 12.7 Å². The normalized spacial score (nSPS) is 15.0. The van der Waals surface area contributed by atoms with Crippen molar-refractivity contribution in [1.82, 2.24) is 0 Å². The fourth-order valence-electron chi connectivity index (χ4n) is 6.13. The molecule has 0 saturated carbocycles. The van der Waals surface area contributed by atoms with Crippen molar-refractivity contribution in [3.8, 4) is 0 Å². The van der Waals surface area contributed by atoms with Gasteiger partial charge in [-0.3, -0.25) is 9.59 Å². The molecule has 1 aliphatic rings. The van der Waals surface area contributed by atoms with Gasteiger partial charge in [0.2, 0.25) is 5.91 Å². The molecule has 2 atom stereocenters. The highest BCUT2D eigenvalue weighted by atomic mass is 32.2. The molecule has 0 saturated heterocycles. The molecule has 6 rings (SSSR count). The van der Waals surface area contributed by atoms with Gasteiger partial charge in [0.15, 0.2) is 0 Å². The van der Waals surface area contributed by atoms with E-state index in [9.17, 15) is 14.4 Å². The number of hydrogen-bond acceptors (Lipinski definition) is 6. The Kier molecular flexibility index (Phi) is 9.52. The molecule has 0 aliphatic heterocycles. The van der Waals surface area contributed by atoms with Gasteiger partial charge in [0.25, 0.3) is 5.91 Å². The van der Waals surface area contributed by atoms with Gasteiger partial charge in [-0.05, 0) is 82.8 Å². The second kappa shape index (κ2) is 13.8. The Labute approximate surface area is 283 Å². The molecular formula is C39H38N2O4S2. The maximum Gasteiger partial charge on any atom is 0.341 e. The highest BCUT2D eigenvalue weighted by molar-refractivity contribution is 8.00. The van der Waals surface area contributed by atoms with Gasteiger partial charge in [-0.15, -0.1) is 23.1 Å². The first-order valence-electron chi connectivity index (χ1n) is 15.8. The lowest BCUT2D eigenvalue weighted by Crippen LogP contribution is -2.26. The third kappa shape index (κ3) is 7.29. The van der Waals surface area contributed by atoms with Crippen LogP contribution < -0.4 is 10.6 Å². The van der Waals surface area contributed by atoms with Crippen molar-refractivity contribution in [2.45, 2.75) is 50.2 Å². The number of carbonyl (C=O) groups excluding carboxylic acids is 3. The fourth-order valence-corrected chi connectivity index (χ4v) is 8.53. The smallest absolute Gasteiger partial charge is 0.341 e. The van der Waals surface area contributed by atoms with Gasteiger partial charge in [0, 0.05) is 21.0 Å².